The predicted molar refractivity (Wildman–Crippen MR) is 48.4 cm³/mol. The second-order valence-electron chi connectivity index (χ2n) is 2.50. The van der Waals surface area contributed by atoms with Crippen LogP contribution in [0.2, 0.25) is 0 Å². The molecule has 0 amide bonds. The minimum atomic E-state index is -0.730. The van der Waals surface area contributed by atoms with Crippen LogP contribution in [0.25, 0.3) is 0 Å². The molecule has 12 heavy (non-hydrogen) atoms. The summed E-state index contributed by atoms with van der Waals surface area (Å²) in [7, 11) is 0. The van der Waals surface area contributed by atoms with E-state index in [1.165, 1.54) is 0 Å². The third kappa shape index (κ3) is 1.66. The van der Waals surface area contributed by atoms with Gasteiger partial charge in [-0.2, -0.15) is 0 Å². The molecule has 0 unspecified atom stereocenters. The zero-order valence-electron chi connectivity index (χ0n) is 6.70. The lowest BCUT2D eigenvalue weighted by Gasteiger charge is -2.03. The van der Waals surface area contributed by atoms with Crippen LogP contribution in [-0.4, -0.2) is 0 Å². The van der Waals surface area contributed by atoms with Crippen molar-refractivity contribution in [3.05, 3.63) is 34.9 Å². The molecular formula is C9H9BrF2. The molecule has 66 valence electrons. The van der Waals surface area contributed by atoms with Gasteiger partial charge in [-0.1, -0.05) is 35.0 Å². The fourth-order valence-corrected chi connectivity index (χ4v) is 1.44. The van der Waals surface area contributed by atoms with E-state index in [2.05, 4.69) is 15.9 Å². The molecule has 0 spiro atoms. The van der Waals surface area contributed by atoms with E-state index in [9.17, 15) is 8.78 Å². The first-order chi connectivity index (χ1) is 5.70. The molecule has 0 bridgehead atoms. The average molecular weight is 235 g/mol. The van der Waals surface area contributed by atoms with Gasteiger partial charge in [0.25, 0.3) is 0 Å². The Kier molecular flexibility index (Phi) is 3.20. The lowest BCUT2D eigenvalue weighted by Crippen LogP contribution is -1.96. The van der Waals surface area contributed by atoms with E-state index < -0.39 is 11.6 Å². The predicted octanol–water partition coefficient (Wildman–Crippen LogP) is 3.42. The summed E-state index contributed by atoms with van der Waals surface area (Å²) in [6, 6.07) is 3.22. The highest BCUT2D eigenvalue weighted by molar-refractivity contribution is 9.08. The van der Waals surface area contributed by atoms with Crippen molar-refractivity contribution >= 4 is 15.9 Å². The first kappa shape index (κ1) is 9.65. The Morgan fingerprint density at radius 3 is 2.17 bits per heavy atom. The van der Waals surface area contributed by atoms with Gasteiger partial charge in [-0.15, -0.1) is 0 Å². The normalized spacial score (nSPS) is 10.3. The van der Waals surface area contributed by atoms with Crippen LogP contribution in [0.15, 0.2) is 12.1 Å². The van der Waals surface area contributed by atoms with Gasteiger partial charge in [0.05, 0.1) is 0 Å². The number of aryl methyl sites for hydroxylation is 1. The number of halogens is 3. The van der Waals surface area contributed by atoms with Crippen LogP contribution in [0.3, 0.4) is 0 Å². The van der Waals surface area contributed by atoms with E-state index in [1.54, 1.807) is 19.1 Å². The van der Waals surface area contributed by atoms with Gasteiger partial charge in [0.2, 0.25) is 0 Å². The highest BCUT2D eigenvalue weighted by Gasteiger charge is 2.10. The number of benzene rings is 1. The Balaban J connectivity index is 3.20. The van der Waals surface area contributed by atoms with Crippen molar-refractivity contribution in [1.29, 1.82) is 0 Å². The molecule has 0 aliphatic heterocycles. The maximum atomic E-state index is 13.1. The average Bonchev–Trinajstić information content (AvgIpc) is 2.10. The summed E-state index contributed by atoms with van der Waals surface area (Å²) in [5.74, 6) is -1.44. The summed E-state index contributed by atoms with van der Waals surface area (Å²) < 4.78 is 26.1. The zero-order chi connectivity index (χ0) is 9.14. The molecule has 0 radical (unpaired) electrons. The van der Waals surface area contributed by atoms with Crippen LogP contribution < -0.4 is 0 Å². The minimum Gasteiger partial charge on any atom is -0.203 e. The monoisotopic (exact) mass is 234 g/mol. The molecule has 0 aromatic heterocycles. The molecule has 0 nitrogen and oxygen atoms in total. The molecule has 0 fully saturated rings. The molecule has 0 atom stereocenters. The Labute approximate surface area is 78.7 Å². The van der Waals surface area contributed by atoms with Crippen molar-refractivity contribution in [3.8, 4) is 0 Å². The van der Waals surface area contributed by atoms with Crippen LogP contribution in [0, 0.1) is 11.6 Å². The molecule has 1 rings (SSSR count). The van der Waals surface area contributed by atoms with Gasteiger partial charge in [0.15, 0.2) is 11.6 Å². The van der Waals surface area contributed by atoms with Crippen molar-refractivity contribution in [2.75, 3.05) is 0 Å². The molecule has 1 aromatic rings. The van der Waals surface area contributed by atoms with Crippen LogP contribution in [0.4, 0.5) is 8.78 Å². The van der Waals surface area contributed by atoms with Crippen LogP contribution in [0.5, 0.6) is 0 Å². The van der Waals surface area contributed by atoms with Gasteiger partial charge in [-0.3, -0.25) is 0 Å². The number of alkyl halides is 1. The Hall–Kier alpha value is -0.440. The van der Waals surface area contributed by atoms with Gasteiger partial charge < -0.3 is 0 Å². The van der Waals surface area contributed by atoms with Gasteiger partial charge in [0, 0.05) is 10.9 Å². The van der Waals surface area contributed by atoms with Crippen molar-refractivity contribution in [3.63, 3.8) is 0 Å². The molecule has 0 aliphatic rings. The van der Waals surface area contributed by atoms with Gasteiger partial charge in [-0.05, 0) is 12.0 Å². The van der Waals surface area contributed by atoms with Crippen LogP contribution >= 0.6 is 15.9 Å². The lowest BCUT2D eigenvalue weighted by atomic mass is 10.1. The molecule has 0 N–H and O–H groups in total. The van der Waals surface area contributed by atoms with Gasteiger partial charge in [0.1, 0.15) is 0 Å². The standard InChI is InChI=1S/C9H9BrF2/c1-2-6-3-4-7(5-10)9(12)8(6)11/h3-4H,2,5H2,1H3. The van der Waals surface area contributed by atoms with E-state index in [1.807, 2.05) is 0 Å². The molecule has 1 aromatic carbocycles. The van der Waals surface area contributed by atoms with Gasteiger partial charge >= 0.3 is 0 Å². The second kappa shape index (κ2) is 3.99. The first-order valence-electron chi connectivity index (χ1n) is 3.72. The molecule has 0 saturated carbocycles. The lowest BCUT2D eigenvalue weighted by molar-refractivity contribution is 0.494. The van der Waals surface area contributed by atoms with Crippen molar-refractivity contribution in [1.82, 2.24) is 0 Å². The summed E-state index contributed by atoms with van der Waals surface area (Å²) in [5, 5.41) is 0.347. The maximum Gasteiger partial charge on any atom is 0.163 e. The Morgan fingerprint density at radius 1 is 1.17 bits per heavy atom. The third-order valence-electron chi connectivity index (χ3n) is 1.77. The summed E-state index contributed by atoms with van der Waals surface area (Å²) >= 11 is 3.08. The fraction of sp³-hybridized carbons (Fsp3) is 0.333. The summed E-state index contributed by atoms with van der Waals surface area (Å²) in [6.07, 6.45) is 0.519. The van der Waals surface area contributed by atoms with Crippen molar-refractivity contribution < 1.29 is 8.78 Å². The van der Waals surface area contributed by atoms with E-state index in [-0.39, 0.29) is 0 Å². The molecule has 0 aliphatic carbocycles. The minimum absolute atomic E-state index is 0.347. The molecule has 0 saturated heterocycles. The highest BCUT2D eigenvalue weighted by atomic mass is 79.9. The topological polar surface area (TPSA) is 0 Å². The Bertz CT molecular complexity index is 255. The SMILES string of the molecule is CCc1ccc(CBr)c(F)c1F. The second-order valence-corrected chi connectivity index (χ2v) is 3.06. The van der Waals surface area contributed by atoms with E-state index in [0.717, 1.165) is 0 Å². The molecular weight excluding hydrogens is 226 g/mol. The van der Waals surface area contributed by atoms with Crippen LogP contribution in [-0.2, 0) is 11.8 Å². The highest BCUT2D eigenvalue weighted by Crippen LogP contribution is 2.18. The Morgan fingerprint density at radius 2 is 1.67 bits per heavy atom. The van der Waals surface area contributed by atoms with Gasteiger partial charge in [-0.25, -0.2) is 8.78 Å². The van der Waals surface area contributed by atoms with Crippen molar-refractivity contribution in [2.24, 2.45) is 0 Å². The maximum absolute atomic E-state index is 13.1. The number of hydrogen-bond acceptors (Lipinski definition) is 0. The summed E-state index contributed by atoms with van der Waals surface area (Å²) in [6.45, 7) is 1.80. The van der Waals surface area contributed by atoms with Crippen LogP contribution in [0.1, 0.15) is 18.1 Å². The van der Waals surface area contributed by atoms with E-state index in [4.69, 9.17) is 0 Å². The van der Waals surface area contributed by atoms with Crippen molar-refractivity contribution in [2.45, 2.75) is 18.7 Å². The number of hydrogen-bond donors (Lipinski definition) is 0. The molecule has 0 heterocycles. The largest absolute Gasteiger partial charge is 0.203 e. The summed E-state index contributed by atoms with van der Waals surface area (Å²) in [4.78, 5) is 0. The fourth-order valence-electron chi connectivity index (χ4n) is 1.01. The van der Waals surface area contributed by atoms with E-state index in [0.29, 0.717) is 22.9 Å². The third-order valence-corrected chi connectivity index (χ3v) is 2.37. The quantitative estimate of drug-likeness (QED) is 0.689. The van der Waals surface area contributed by atoms with E-state index >= 15 is 0 Å². The first-order valence-corrected chi connectivity index (χ1v) is 4.84. The summed E-state index contributed by atoms with van der Waals surface area (Å²) in [5.41, 5.74) is 0.793. The molecule has 3 heteroatoms. The number of rotatable bonds is 2. The zero-order valence-corrected chi connectivity index (χ0v) is 8.29. The smallest absolute Gasteiger partial charge is 0.163 e.